The molecular weight excluding hydrogens is 260 g/mol. The van der Waals surface area contributed by atoms with E-state index in [1.54, 1.807) is 38.4 Å². The number of hydrogen-bond donors (Lipinski definition) is 2. The zero-order chi connectivity index (χ0) is 15.1. The second kappa shape index (κ2) is 7.62. The number of carbonyl (C=O) groups is 2. The summed E-state index contributed by atoms with van der Waals surface area (Å²) in [5.74, 6) is -0.638. The lowest BCUT2D eigenvalue weighted by atomic mass is 10.1. The fraction of sp³-hybridized carbons (Fsp3) is 0.429. The third-order valence-electron chi connectivity index (χ3n) is 2.95. The Morgan fingerprint density at radius 3 is 1.55 bits per heavy atom. The van der Waals surface area contributed by atoms with Crippen LogP contribution in [0.2, 0.25) is 0 Å². The van der Waals surface area contributed by atoms with Crippen molar-refractivity contribution < 1.29 is 19.8 Å². The molecule has 6 heteroatoms. The van der Waals surface area contributed by atoms with E-state index in [4.69, 9.17) is 10.2 Å². The molecule has 6 nitrogen and oxygen atoms in total. The monoisotopic (exact) mass is 280 g/mol. The molecule has 0 aromatic heterocycles. The number of nitrogens with zero attached hydrogens (tertiary/aromatic N) is 2. The van der Waals surface area contributed by atoms with Crippen molar-refractivity contribution in [3.05, 3.63) is 35.4 Å². The highest BCUT2D eigenvalue weighted by Gasteiger charge is 2.21. The minimum atomic E-state index is -0.319. The molecule has 0 unspecified atom stereocenters. The Kier molecular flexibility index (Phi) is 6.14. The van der Waals surface area contributed by atoms with Gasteiger partial charge < -0.3 is 20.0 Å². The van der Waals surface area contributed by atoms with Crippen molar-refractivity contribution >= 4 is 11.8 Å². The lowest BCUT2D eigenvalue weighted by molar-refractivity contribution is 0.0730. The van der Waals surface area contributed by atoms with Crippen LogP contribution in [0.1, 0.15) is 20.7 Å². The van der Waals surface area contributed by atoms with E-state index in [2.05, 4.69) is 0 Å². The summed E-state index contributed by atoms with van der Waals surface area (Å²) in [6, 6.07) is 6.53. The smallest absolute Gasteiger partial charge is 0.254 e. The van der Waals surface area contributed by atoms with E-state index in [9.17, 15) is 9.59 Å². The molecule has 1 aromatic rings. The number of aliphatic hydroxyl groups excluding tert-OH is 2. The molecule has 0 radical (unpaired) electrons. The minimum absolute atomic E-state index is 0.136. The normalized spacial score (nSPS) is 10.2. The van der Waals surface area contributed by atoms with Gasteiger partial charge in [0.15, 0.2) is 0 Å². The average molecular weight is 280 g/mol. The van der Waals surface area contributed by atoms with Crippen LogP contribution in [-0.4, -0.2) is 72.2 Å². The largest absolute Gasteiger partial charge is 0.395 e. The first-order valence-electron chi connectivity index (χ1n) is 6.34. The van der Waals surface area contributed by atoms with Gasteiger partial charge in [0.25, 0.3) is 11.8 Å². The molecule has 0 saturated carbocycles. The van der Waals surface area contributed by atoms with Crippen molar-refractivity contribution in [2.24, 2.45) is 0 Å². The maximum absolute atomic E-state index is 12.2. The molecule has 110 valence electrons. The van der Waals surface area contributed by atoms with Crippen molar-refractivity contribution in [1.82, 2.24) is 9.80 Å². The van der Waals surface area contributed by atoms with E-state index in [1.165, 1.54) is 9.80 Å². The average Bonchev–Trinajstić information content (AvgIpc) is 2.46. The van der Waals surface area contributed by atoms with Gasteiger partial charge in [0, 0.05) is 27.2 Å². The lowest BCUT2D eigenvalue weighted by Gasteiger charge is -2.20. The van der Waals surface area contributed by atoms with E-state index in [1.807, 2.05) is 0 Å². The van der Waals surface area contributed by atoms with Crippen LogP contribution in [0.15, 0.2) is 24.3 Å². The molecule has 2 N–H and O–H groups in total. The van der Waals surface area contributed by atoms with Crippen LogP contribution in [0.5, 0.6) is 0 Å². The third-order valence-corrected chi connectivity index (χ3v) is 2.95. The zero-order valence-corrected chi connectivity index (χ0v) is 11.7. The van der Waals surface area contributed by atoms with E-state index >= 15 is 0 Å². The Balaban J connectivity index is 3.04. The number of amides is 2. The van der Waals surface area contributed by atoms with Crippen LogP contribution in [-0.2, 0) is 0 Å². The van der Waals surface area contributed by atoms with Gasteiger partial charge in [-0.2, -0.15) is 0 Å². The number of likely N-dealkylation sites (N-methyl/N-ethyl adjacent to an activating group) is 2. The number of hydrogen-bond acceptors (Lipinski definition) is 4. The molecule has 0 aliphatic carbocycles. The van der Waals surface area contributed by atoms with Crippen LogP contribution >= 0.6 is 0 Å². The van der Waals surface area contributed by atoms with E-state index < -0.39 is 0 Å². The SMILES string of the molecule is CN(CCO)C(=O)c1ccccc1C(=O)N(C)CCO. The number of benzene rings is 1. The molecule has 0 heterocycles. The van der Waals surface area contributed by atoms with Crippen LogP contribution < -0.4 is 0 Å². The standard InChI is InChI=1S/C14H20N2O4/c1-15(7-9-17)13(19)11-5-3-4-6-12(11)14(20)16(2)8-10-18/h3-6,17-18H,7-10H2,1-2H3. The summed E-state index contributed by atoms with van der Waals surface area (Å²) in [5.41, 5.74) is 0.580. The molecule has 2 amide bonds. The van der Waals surface area contributed by atoms with Crippen LogP contribution in [0.25, 0.3) is 0 Å². The second-order valence-corrected chi connectivity index (χ2v) is 4.45. The summed E-state index contributed by atoms with van der Waals surface area (Å²) >= 11 is 0. The van der Waals surface area contributed by atoms with Gasteiger partial charge in [-0.25, -0.2) is 0 Å². The van der Waals surface area contributed by atoms with Gasteiger partial charge >= 0.3 is 0 Å². The van der Waals surface area contributed by atoms with Crippen molar-refractivity contribution in [2.45, 2.75) is 0 Å². The highest BCUT2D eigenvalue weighted by molar-refractivity contribution is 6.07. The molecule has 0 saturated heterocycles. The second-order valence-electron chi connectivity index (χ2n) is 4.45. The Morgan fingerprint density at radius 1 is 0.900 bits per heavy atom. The van der Waals surface area contributed by atoms with Crippen molar-refractivity contribution in [3.63, 3.8) is 0 Å². The first kappa shape index (κ1) is 16.1. The van der Waals surface area contributed by atoms with Crippen molar-refractivity contribution in [2.75, 3.05) is 40.4 Å². The van der Waals surface area contributed by atoms with Crippen LogP contribution in [0.3, 0.4) is 0 Å². The summed E-state index contributed by atoms with van der Waals surface area (Å²) in [7, 11) is 3.13. The maximum atomic E-state index is 12.2. The summed E-state index contributed by atoms with van der Waals surface area (Å²) < 4.78 is 0. The summed E-state index contributed by atoms with van der Waals surface area (Å²) in [6.45, 7) is 0.132. The number of carbonyl (C=O) groups excluding carboxylic acids is 2. The van der Waals surface area contributed by atoms with Gasteiger partial charge in [-0.1, -0.05) is 12.1 Å². The predicted octanol–water partition coefficient (Wildman–Crippen LogP) is -0.185. The van der Waals surface area contributed by atoms with Gasteiger partial charge in [-0.15, -0.1) is 0 Å². The number of rotatable bonds is 6. The van der Waals surface area contributed by atoms with Crippen molar-refractivity contribution in [1.29, 1.82) is 0 Å². The molecule has 0 bridgehead atoms. The minimum Gasteiger partial charge on any atom is -0.395 e. The van der Waals surface area contributed by atoms with Crippen LogP contribution in [0.4, 0.5) is 0 Å². The van der Waals surface area contributed by atoms with E-state index in [0.29, 0.717) is 11.1 Å². The molecule has 1 rings (SSSR count). The molecule has 0 fully saturated rings. The Morgan fingerprint density at radius 2 is 1.25 bits per heavy atom. The van der Waals surface area contributed by atoms with Gasteiger partial charge in [-0.05, 0) is 12.1 Å². The first-order valence-corrected chi connectivity index (χ1v) is 6.34. The summed E-state index contributed by atoms with van der Waals surface area (Å²) in [6.07, 6.45) is 0. The summed E-state index contributed by atoms with van der Waals surface area (Å²) in [4.78, 5) is 27.2. The third kappa shape index (κ3) is 3.79. The Labute approximate surface area is 118 Å². The molecule has 0 aliphatic rings. The Hall–Kier alpha value is -1.92. The lowest BCUT2D eigenvalue weighted by Crippen LogP contribution is -2.34. The van der Waals surface area contributed by atoms with Crippen LogP contribution in [0, 0.1) is 0 Å². The van der Waals surface area contributed by atoms with Gasteiger partial charge in [0.05, 0.1) is 24.3 Å². The first-order chi connectivity index (χ1) is 9.52. The molecule has 1 aromatic carbocycles. The molecule has 0 aliphatic heterocycles. The van der Waals surface area contributed by atoms with Gasteiger partial charge in [-0.3, -0.25) is 9.59 Å². The van der Waals surface area contributed by atoms with E-state index in [-0.39, 0.29) is 38.1 Å². The Bertz CT molecular complexity index is 433. The summed E-state index contributed by atoms with van der Waals surface area (Å²) in [5, 5.41) is 17.7. The molecular formula is C14H20N2O4. The fourth-order valence-electron chi connectivity index (χ4n) is 1.77. The van der Waals surface area contributed by atoms with E-state index in [0.717, 1.165) is 0 Å². The van der Waals surface area contributed by atoms with Gasteiger partial charge in [0.2, 0.25) is 0 Å². The number of aliphatic hydroxyl groups is 2. The predicted molar refractivity (Wildman–Crippen MR) is 74.5 cm³/mol. The molecule has 20 heavy (non-hydrogen) atoms. The van der Waals surface area contributed by atoms with Crippen molar-refractivity contribution in [3.8, 4) is 0 Å². The molecule has 0 spiro atoms. The fourth-order valence-corrected chi connectivity index (χ4v) is 1.77. The zero-order valence-electron chi connectivity index (χ0n) is 11.7. The van der Waals surface area contributed by atoms with Gasteiger partial charge in [0.1, 0.15) is 0 Å². The maximum Gasteiger partial charge on any atom is 0.254 e. The highest BCUT2D eigenvalue weighted by atomic mass is 16.3. The topological polar surface area (TPSA) is 81.1 Å². The molecule has 0 atom stereocenters. The highest BCUT2D eigenvalue weighted by Crippen LogP contribution is 2.13. The quantitative estimate of drug-likeness (QED) is 0.757.